The molecule has 1 aromatic heterocycles. The van der Waals surface area contributed by atoms with E-state index in [1.807, 2.05) is 38.1 Å². The van der Waals surface area contributed by atoms with E-state index in [1.54, 1.807) is 12.1 Å². The molecule has 0 spiro atoms. The van der Waals surface area contributed by atoms with Crippen molar-refractivity contribution in [3.05, 3.63) is 100 Å². The Morgan fingerprint density at radius 3 is 2.32 bits per heavy atom. The van der Waals surface area contributed by atoms with E-state index >= 15 is 0 Å². The van der Waals surface area contributed by atoms with E-state index in [0.717, 1.165) is 22.0 Å². The van der Waals surface area contributed by atoms with Gasteiger partial charge in [0.25, 0.3) is 15.9 Å². The number of halogens is 1. The Balaban J connectivity index is 1.41. The number of nitrogens with one attached hydrogen (secondary N) is 2. The first-order chi connectivity index (χ1) is 16.2. The van der Waals surface area contributed by atoms with Crippen LogP contribution in [0, 0.1) is 13.8 Å². The van der Waals surface area contributed by atoms with Crippen LogP contribution in [0.5, 0.6) is 0 Å². The van der Waals surface area contributed by atoms with E-state index in [9.17, 15) is 13.2 Å². The van der Waals surface area contributed by atoms with Crippen LogP contribution >= 0.6 is 11.6 Å². The number of aryl methyl sites for hydroxylation is 2. The minimum absolute atomic E-state index is 0.159. The van der Waals surface area contributed by atoms with E-state index in [4.69, 9.17) is 11.6 Å². The predicted octanol–water partition coefficient (Wildman–Crippen LogP) is 5.07. The molecule has 7 nitrogen and oxygen atoms in total. The second-order valence-electron chi connectivity index (χ2n) is 7.76. The molecule has 0 unspecified atom stereocenters. The number of carbonyl (C=O) groups is 1. The molecule has 1 amide bonds. The van der Waals surface area contributed by atoms with E-state index < -0.39 is 15.9 Å². The Labute approximate surface area is 202 Å². The summed E-state index contributed by atoms with van der Waals surface area (Å²) in [4.78, 5) is 16.9. The molecule has 2 N–H and O–H groups in total. The van der Waals surface area contributed by atoms with Gasteiger partial charge in [-0.2, -0.15) is 5.10 Å². The van der Waals surface area contributed by atoms with Crippen molar-refractivity contribution < 1.29 is 13.2 Å². The van der Waals surface area contributed by atoms with Crippen LogP contribution in [0.4, 0.5) is 5.69 Å². The molecule has 4 aromatic rings. The lowest BCUT2D eigenvalue weighted by atomic mass is 10.1. The highest BCUT2D eigenvalue weighted by Gasteiger charge is 2.14. The van der Waals surface area contributed by atoms with Gasteiger partial charge in [-0.15, -0.1) is 0 Å². The van der Waals surface area contributed by atoms with Crippen molar-refractivity contribution >= 4 is 50.3 Å². The molecule has 0 bridgehead atoms. The van der Waals surface area contributed by atoms with Gasteiger partial charge in [-0.05, 0) is 67.9 Å². The van der Waals surface area contributed by atoms with E-state index in [1.165, 1.54) is 42.6 Å². The molecule has 9 heteroatoms. The van der Waals surface area contributed by atoms with Gasteiger partial charge in [0, 0.05) is 22.2 Å². The third-order valence-electron chi connectivity index (χ3n) is 5.05. The molecule has 1 heterocycles. The summed E-state index contributed by atoms with van der Waals surface area (Å²) in [6.07, 6.45) is 1.43. The third-order valence-corrected chi connectivity index (χ3v) is 6.75. The first kappa shape index (κ1) is 23.4. The highest BCUT2D eigenvalue weighted by Crippen LogP contribution is 2.21. The van der Waals surface area contributed by atoms with Crippen LogP contribution < -0.4 is 10.1 Å². The molecule has 172 valence electrons. The Bertz CT molecular complexity index is 1500. The summed E-state index contributed by atoms with van der Waals surface area (Å²) in [6.45, 7) is 3.86. The van der Waals surface area contributed by atoms with Gasteiger partial charge < -0.3 is 0 Å². The van der Waals surface area contributed by atoms with Gasteiger partial charge in [0.05, 0.1) is 16.6 Å². The number of nitrogens with zero attached hydrogens (tertiary/aromatic N) is 2. The summed E-state index contributed by atoms with van der Waals surface area (Å²) in [5.74, 6) is -0.454. The van der Waals surface area contributed by atoms with E-state index in [-0.39, 0.29) is 10.0 Å². The Hall–Kier alpha value is -3.75. The molecule has 4 rings (SSSR count). The van der Waals surface area contributed by atoms with E-state index in [0.29, 0.717) is 16.8 Å². The van der Waals surface area contributed by atoms with Crippen molar-refractivity contribution in [3.63, 3.8) is 0 Å². The second kappa shape index (κ2) is 9.62. The summed E-state index contributed by atoms with van der Waals surface area (Å²) >= 11 is 6.24. The highest BCUT2D eigenvalue weighted by atomic mass is 35.5. The summed E-state index contributed by atoms with van der Waals surface area (Å²) in [5, 5.41) is 5.16. The largest absolute Gasteiger partial charge is 0.280 e. The summed E-state index contributed by atoms with van der Waals surface area (Å²) in [5.41, 5.74) is 6.48. The number of amides is 1. The van der Waals surface area contributed by atoms with E-state index in [2.05, 4.69) is 20.2 Å². The molecule has 3 aromatic carbocycles. The standard InChI is InChI=1S/C25H21ClN4O3S/c1-16-4-11-22(12-5-16)34(32,33)30-21-9-7-18(8-10-21)25(31)29-27-15-20-14-19-6-3-17(2)13-23(19)28-24(20)26/h3-15,30H,1-2H3,(H,29,31)/b27-15+. The average Bonchev–Trinajstić information content (AvgIpc) is 2.80. The second-order valence-corrected chi connectivity index (χ2v) is 9.80. The molecule has 0 aliphatic heterocycles. The minimum atomic E-state index is -3.72. The zero-order valence-electron chi connectivity index (χ0n) is 18.4. The summed E-state index contributed by atoms with van der Waals surface area (Å²) < 4.78 is 27.5. The fraction of sp³-hybridized carbons (Fsp3) is 0.0800. The van der Waals surface area contributed by atoms with Crippen LogP contribution in [0.3, 0.4) is 0 Å². The number of anilines is 1. The van der Waals surface area contributed by atoms with Crippen LogP contribution in [0.15, 0.2) is 82.8 Å². The van der Waals surface area contributed by atoms with Crippen molar-refractivity contribution in [2.45, 2.75) is 18.7 Å². The number of hydrogen-bond acceptors (Lipinski definition) is 5. The molecule has 0 atom stereocenters. The summed E-state index contributed by atoms with van der Waals surface area (Å²) in [7, 11) is -3.72. The van der Waals surface area contributed by atoms with Crippen molar-refractivity contribution in [1.82, 2.24) is 10.4 Å². The van der Waals surface area contributed by atoms with Crippen molar-refractivity contribution in [2.24, 2.45) is 5.10 Å². The lowest BCUT2D eigenvalue weighted by molar-refractivity contribution is 0.0955. The topological polar surface area (TPSA) is 101 Å². The van der Waals surface area contributed by atoms with Crippen LogP contribution in [0.2, 0.25) is 5.15 Å². The van der Waals surface area contributed by atoms with Crippen LogP contribution in [0.1, 0.15) is 27.0 Å². The molecule has 34 heavy (non-hydrogen) atoms. The molecule has 0 fully saturated rings. The molecule has 0 aliphatic carbocycles. The van der Waals surface area contributed by atoms with Crippen molar-refractivity contribution in [1.29, 1.82) is 0 Å². The first-order valence-electron chi connectivity index (χ1n) is 10.3. The minimum Gasteiger partial charge on any atom is -0.280 e. The SMILES string of the molecule is Cc1ccc(S(=O)(=O)Nc2ccc(C(=O)N/N=C/c3cc4ccc(C)cc4nc3Cl)cc2)cc1. The molecule has 0 saturated heterocycles. The van der Waals surface area contributed by atoms with Crippen molar-refractivity contribution in [3.8, 4) is 0 Å². The quantitative estimate of drug-likeness (QED) is 0.223. The Morgan fingerprint density at radius 1 is 0.941 bits per heavy atom. The number of hydrogen-bond donors (Lipinski definition) is 2. The van der Waals surface area contributed by atoms with Crippen LogP contribution in [-0.4, -0.2) is 25.5 Å². The number of sulfonamides is 1. The normalized spacial score (nSPS) is 11.6. The van der Waals surface area contributed by atoms with Crippen LogP contribution in [0.25, 0.3) is 10.9 Å². The monoisotopic (exact) mass is 492 g/mol. The maximum atomic E-state index is 12.5. The maximum absolute atomic E-state index is 12.5. The molecular weight excluding hydrogens is 472 g/mol. The number of pyridine rings is 1. The molecule has 0 radical (unpaired) electrons. The number of benzene rings is 3. The smallest absolute Gasteiger partial charge is 0.271 e. The Kier molecular flexibility index (Phi) is 6.63. The van der Waals surface area contributed by atoms with Gasteiger partial charge in [-0.3, -0.25) is 9.52 Å². The number of hydrazone groups is 1. The maximum Gasteiger partial charge on any atom is 0.271 e. The van der Waals surface area contributed by atoms with Crippen LogP contribution in [-0.2, 0) is 10.0 Å². The fourth-order valence-corrected chi connectivity index (χ4v) is 4.46. The van der Waals surface area contributed by atoms with Gasteiger partial charge in [0.1, 0.15) is 5.15 Å². The lowest BCUT2D eigenvalue weighted by Gasteiger charge is -2.09. The van der Waals surface area contributed by atoms with Gasteiger partial charge in [-0.1, -0.05) is 41.4 Å². The molecular formula is C25H21ClN4O3S. The molecule has 0 aliphatic rings. The first-order valence-corrected chi connectivity index (χ1v) is 12.2. The third kappa shape index (κ3) is 5.41. The zero-order chi connectivity index (χ0) is 24.3. The van der Waals surface area contributed by atoms with Gasteiger partial charge in [0.15, 0.2) is 0 Å². The average molecular weight is 493 g/mol. The van der Waals surface area contributed by atoms with Gasteiger partial charge in [0.2, 0.25) is 0 Å². The number of fused-ring (bicyclic) bond motifs is 1. The number of carbonyl (C=O) groups excluding carboxylic acids is 1. The van der Waals surface area contributed by atoms with Gasteiger partial charge >= 0.3 is 0 Å². The van der Waals surface area contributed by atoms with Gasteiger partial charge in [-0.25, -0.2) is 18.8 Å². The highest BCUT2D eigenvalue weighted by molar-refractivity contribution is 7.92. The summed E-state index contributed by atoms with van der Waals surface area (Å²) in [6, 6.07) is 20.3. The zero-order valence-corrected chi connectivity index (χ0v) is 20.0. The van der Waals surface area contributed by atoms with Crippen molar-refractivity contribution in [2.75, 3.05) is 4.72 Å². The number of aromatic nitrogens is 1. The number of rotatable bonds is 6. The molecule has 0 saturated carbocycles. The Morgan fingerprint density at radius 2 is 1.62 bits per heavy atom. The predicted molar refractivity (Wildman–Crippen MR) is 135 cm³/mol. The fourth-order valence-electron chi connectivity index (χ4n) is 3.21. The lowest BCUT2D eigenvalue weighted by Crippen LogP contribution is -2.18.